The van der Waals surface area contributed by atoms with Gasteiger partial charge in [-0.15, -0.1) is 0 Å². The van der Waals surface area contributed by atoms with Crippen LogP contribution in [0.25, 0.3) is 0 Å². The summed E-state index contributed by atoms with van der Waals surface area (Å²) in [5.41, 5.74) is 6.74. The predicted octanol–water partition coefficient (Wildman–Crippen LogP) is 0.619. The minimum absolute atomic E-state index is 0.118. The number of rotatable bonds is 5. The molecule has 1 atom stereocenters. The van der Waals surface area contributed by atoms with E-state index in [1.807, 2.05) is 30.3 Å². The second kappa shape index (κ2) is 6.25. The highest BCUT2D eigenvalue weighted by Crippen LogP contribution is 2.00. The molecule has 1 aromatic rings. The van der Waals surface area contributed by atoms with Crippen molar-refractivity contribution in [2.45, 2.75) is 12.6 Å². The Labute approximate surface area is 96.0 Å². The first-order valence-electron chi connectivity index (χ1n) is 5.19. The molecule has 0 aliphatic heterocycles. The van der Waals surface area contributed by atoms with Crippen molar-refractivity contribution in [1.29, 1.82) is 0 Å². The van der Waals surface area contributed by atoms with Crippen LogP contribution in [0.2, 0.25) is 0 Å². The van der Waals surface area contributed by atoms with Crippen LogP contribution in [0.3, 0.4) is 0 Å². The molecule has 0 aliphatic carbocycles. The Morgan fingerprint density at radius 1 is 1.38 bits per heavy atom. The van der Waals surface area contributed by atoms with Crippen molar-refractivity contribution in [3.63, 3.8) is 0 Å². The van der Waals surface area contributed by atoms with E-state index in [1.165, 1.54) is 4.90 Å². The summed E-state index contributed by atoms with van der Waals surface area (Å²) in [6, 6.07) is 9.20. The second-order valence-corrected chi connectivity index (χ2v) is 3.84. The van der Waals surface area contributed by atoms with Gasteiger partial charge >= 0.3 is 0 Å². The molecule has 4 nitrogen and oxygen atoms in total. The van der Waals surface area contributed by atoms with Gasteiger partial charge in [0.1, 0.15) is 6.04 Å². The highest BCUT2D eigenvalue weighted by atomic mass is 16.5. The molecular formula is C12H18N2O2. The number of hydrogen-bond acceptors (Lipinski definition) is 3. The Bertz CT molecular complexity index is 325. The maximum absolute atomic E-state index is 11.4. The van der Waals surface area contributed by atoms with Crippen LogP contribution in [0.4, 0.5) is 0 Å². The number of hydrogen-bond donors (Lipinski definition) is 1. The number of nitrogens with zero attached hydrogens (tertiary/aromatic N) is 1. The Morgan fingerprint density at radius 2 is 2.00 bits per heavy atom. The summed E-state index contributed by atoms with van der Waals surface area (Å²) >= 11 is 0. The molecule has 0 bridgehead atoms. The van der Waals surface area contributed by atoms with Crippen molar-refractivity contribution in [3.8, 4) is 0 Å². The van der Waals surface area contributed by atoms with Crippen molar-refractivity contribution in [3.05, 3.63) is 35.9 Å². The average Bonchev–Trinajstić information content (AvgIpc) is 2.29. The quantitative estimate of drug-likeness (QED) is 0.794. The molecular weight excluding hydrogens is 204 g/mol. The number of benzene rings is 1. The number of nitrogens with two attached hydrogens (primary N) is 1. The summed E-state index contributed by atoms with van der Waals surface area (Å²) in [7, 11) is 3.36. The van der Waals surface area contributed by atoms with Crippen molar-refractivity contribution in [2.75, 3.05) is 20.7 Å². The van der Waals surface area contributed by atoms with Gasteiger partial charge in [-0.1, -0.05) is 30.3 Å². The second-order valence-electron chi connectivity index (χ2n) is 3.84. The van der Waals surface area contributed by atoms with Crippen LogP contribution in [0, 0.1) is 0 Å². The van der Waals surface area contributed by atoms with Crippen LogP contribution in [0.15, 0.2) is 30.3 Å². The molecule has 0 fully saturated rings. The summed E-state index contributed by atoms with van der Waals surface area (Å²) < 4.78 is 5.38. The molecule has 1 aromatic carbocycles. The van der Waals surface area contributed by atoms with Crippen LogP contribution in [0.5, 0.6) is 0 Å². The Balaban J connectivity index is 2.28. The largest absolute Gasteiger partial charge is 0.375 e. The van der Waals surface area contributed by atoms with Gasteiger partial charge in [-0.05, 0) is 5.56 Å². The van der Waals surface area contributed by atoms with Gasteiger partial charge in [-0.25, -0.2) is 0 Å². The zero-order valence-electron chi connectivity index (χ0n) is 9.72. The van der Waals surface area contributed by atoms with E-state index in [-0.39, 0.29) is 12.5 Å². The molecule has 1 amide bonds. The van der Waals surface area contributed by atoms with E-state index in [9.17, 15) is 4.79 Å². The van der Waals surface area contributed by atoms with Crippen molar-refractivity contribution >= 4 is 5.91 Å². The molecule has 0 heterocycles. The lowest BCUT2D eigenvalue weighted by Crippen LogP contribution is -2.42. The Hall–Kier alpha value is -1.39. The molecule has 4 heteroatoms. The lowest BCUT2D eigenvalue weighted by molar-refractivity contribution is -0.131. The summed E-state index contributed by atoms with van der Waals surface area (Å²) in [5.74, 6) is -0.118. The number of carbonyl (C=O) groups excluding carboxylic acids is 1. The fourth-order valence-corrected chi connectivity index (χ4v) is 1.28. The normalized spacial score (nSPS) is 12.2. The molecule has 0 aromatic heterocycles. The van der Waals surface area contributed by atoms with Crippen LogP contribution >= 0.6 is 0 Å². The third-order valence-corrected chi connectivity index (χ3v) is 2.17. The standard InChI is InChI=1S/C12H18N2O2/c1-14(2)12(15)11(13)9-16-8-10-6-4-3-5-7-10/h3-7,11H,8-9,13H2,1-2H3. The summed E-state index contributed by atoms with van der Waals surface area (Å²) in [5, 5.41) is 0. The van der Waals surface area contributed by atoms with Crippen LogP contribution < -0.4 is 5.73 Å². The fourth-order valence-electron chi connectivity index (χ4n) is 1.28. The molecule has 0 aliphatic rings. The third kappa shape index (κ3) is 4.00. The van der Waals surface area contributed by atoms with Gasteiger partial charge in [0.2, 0.25) is 5.91 Å². The Morgan fingerprint density at radius 3 is 2.56 bits per heavy atom. The minimum atomic E-state index is -0.585. The number of amides is 1. The van der Waals surface area contributed by atoms with Crippen molar-refractivity contribution in [2.24, 2.45) is 5.73 Å². The maximum Gasteiger partial charge on any atom is 0.241 e. The molecule has 0 saturated heterocycles. The average molecular weight is 222 g/mol. The minimum Gasteiger partial charge on any atom is -0.375 e. The number of carbonyl (C=O) groups is 1. The fraction of sp³-hybridized carbons (Fsp3) is 0.417. The van der Waals surface area contributed by atoms with Gasteiger partial charge < -0.3 is 15.4 Å². The highest BCUT2D eigenvalue weighted by molar-refractivity contribution is 5.81. The van der Waals surface area contributed by atoms with E-state index >= 15 is 0 Å². The Kier molecular flexibility index (Phi) is 4.95. The predicted molar refractivity (Wildman–Crippen MR) is 62.8 cm³/mol. The SMILES string of the molecule is CN(C)C(=O)C(N)COCc1ccccc1. The van der Waals surface area contributed by atoms with Crippen molar-refractivity contribution in [1.82, 2.24) is 4.90 Å². The van der Waals surface area contributed by atoms with Gasteiger partial charge in [0.15, 0.2) is 0 Å². The third-order valence-electron chi connectivity index (χ3n) is 2.17. The van der Waals surface area contributed by atoms with Crippen LogP contribution in [-0.2, 0) is 16.1 Å². The smallest absolute Gasteiger partial charge is 0.241 e. The van der Waals surface area contributed by atoms with Crippen molar-refractivity contribution < 1.29 is 9.53 Å². The lowest BCUT2D eigenvalue weighted by atomic mass is 10.2. The lowest BCUT2D eigenvalue weighted by Gasteiger charge is -2.16. The first-order valence-corrected chi connectivity index (χ1v) is 5.19. The first kappa shape index (κ1) is 12.7. The van der Waals surface area contributed by atoms with E-state index in [2.05, 4.69) is 0 Å². The summed E-state index contributed by atoms with van der Waals surface area (Å²) in [6.45, 7) is 0.723. The molecule has 1 unspecified atom stereocenters. The van der Waals surface area contributed by atoms with Gasteiger partial charge in [-0.3, -0.25) is 4.79 Å². The molecule has 1 rings (SSSR count). The molecule has 88 valence electrons. The van der Waals surface area contributed by atoms with Gasteiger partial charge in [0, 0.05) is 14.1 Å². The zero-order valence-corrected chi connectivity index (χ0v) is 9.72. The first-order chi connectivity index (χ1) is 7.61. The topological polar surface area (TPSA) is 55.6 Å². The zero-order chi connectivity index (χ0) is 12.0. The van der Waals surface area contributed by atoms with Gasteiger partial charge in [0.05, 0.1) is 13.2 Å². The van der Waals surface area contributed by atoms with E-state index in [0.29, 0.717) is 6.61 Å². The number of likely N-dealkylation sites (N-methyl/N-ethyl adjacent to an activating group) is 1. The summed E-state index contributed by atoms with van der Waals surface area (Å²) in [4.78, 5) is 12.9. The molecule has 2 N–H and O–H groups in total. The monoisotopic (exact) mass is 222 g/mol. The molecule has 16 heavy (non-hydrogen) atoms. The van der Waals surface area contributed by atoms with Gasteiger partial charge in [-0.2, -0.15) is 0 Å². The van der Waals surface area contributed by atoms with Crippen LogP contribution in [0.1, 0.15) is 5.56 Å². The van der Waals surface area contributed by atoms with E-state index in [4.69, 9.17) is 10.5 Å². The van der Waals surface area contributed by atoms with Gasteiger partial charge in [0.25, 0.3) is 0 Å². The van der Waals surface area contributed by atoms with Crippen LogP contribution in [-0.4, -0.2) is 37.6 Å². The molecule has 0 saturated carbocycles. The molecule has 0 spiro atoms. The highest BCUT2D eigenvalue weighted by Gasteiger charge is 2.14. The maximum atomic E-state index is 11.4. The van der Waals surface area contributed by atoms with E-state index < -0.39 is 6.04 Å². The van der Waals surface area contributed by atoms with E-state index in [1.54, 1.807) is 14.1 Å². The van der Waals surface area contributed by atoms with E-state index in [0.717, 1.165) is 5.56 Å². The number of ether oxygens (including phenoxy) is 1. The summed E-state index contributed by atoms with van der Waals surface area (Å²) in [6.07, 6.45) is 0. The molecule has 0 radical (unpaired) electrons.